The largest absolute Gasteiger partial charge is 1.00 e. The number of hydrogen-bond donors (Lipinski definition) is 0. The first-order valence-electron chi connectivity index (χ1n) is 11.3. The van der Waals surface area contributed by atoms with Gasteiger partial charge in [-0.15, -0.1) is 0 Å². The lowest BCUT2D eigenvalue weighted by Gasteiger charge is -2.21. The van der Waals surface area contributed by atoms with E-state index in [0.717, 1.165) is 42.0 Å². The molecule has 174 valence electrons. The fourth-order valence-electron chi connectivity index (χ4n) is 4.42. The summed E-state index contributed by atoms with van der Waals surface area (Å²) in [5.41, 5.74) is 6.63. The minimum atomic E-state index is -0.167. The zero-order chi connectivity index (χ0) is 22.5. The number of rotatable bonds is 8. The van der Waals surface area contributed by atoms with Crippen molar-refractivity contribution in [2.75, 3.05) is 20.8 Å². The normalized spacial score (nSPS) is 12.7. The van der Waals surface area contributed by atoms with Gasteiger partial charge in [-0.05, 0) is 60.4 Å². The molecule has 1 aliphatic rings. The van der Waals surface area contributed by atoms with Crippen molar-refractivity contribution in [1.82, 2.24) is 0 Å². The average Bonchev–Trinajstić information content (AvgIpc) is 2.83. The van der Waals surface area contributed by atoms with Crippen molar-refractivity contribution in [3.63, 3.8) is 0 Å². The molecule has 3 nitrogen and oxygen atoms in total. The number of ether oxygens (including phenoxy) is 2. The molecular weight excluding hydrogens is 437 g/mol. The van der Waals surface area contributed by atoms with Crippen molar-refractivity contribution in [2.24, 2.45) is 0 Å². The summed E-state index contributed by atoms with van der Waals surface area (Å²) in [6.45, 7) is 3.54. The molecule has 5 heteroatoms. The van der Waals surface area contributed by atoms with E-state index >= 15 is 0 Å². The molecule has 0 aromatic heterocycles. The molecule has 0 aliphatic carbocycles. The monoisotopic (exact) mass is 467 g/mol. The highest BCUT2D eigenvalue weighted by Crippen LogP contribution is 2.34. The third-order valence-electron chi connectivity index (χ3n) is 6.20. The average molecular weight is 468 g/mol. The van der Waals surface area contributed by atoms with Gasteiger partial charge in [-0.2, -0.15) is 0 Å². The Labute approximate surface area is 202 Å². The van der Waals surface area contributed by atoms with Crippen LogP contribution >= 0.6 is 0 Å². The molecule has 33 heavy (non-hydrogen) atoms. The first kappa shape index (κ1) is 24.8. The summed E-state index contributed by atoms with van der Waals surface area (Å²) in [5, 5.41) is 0. The maximum atomic E-state index is 14.5. The molecule has 0 N–H and O–H groups in total. The van der Waals surface area contributed by atoms with Crippen LogP contribution in [-0.2, 0) is 19.4 Å². The maximum Gasteiger partial charge on any atom is 0.215 e. The summed E-state index contributed by atoms with van der Waals surface area (Å²) in [7, 11) is 3.32. The predicted molar refractivity (Wildman–Crippen MR) is 127 cm³/mol. The lowest BCUT2D eigenvalue weighted by Crippen LogP contribution is -3.00. The molecule has 0 unspecified atom stereocenters. The van der Waals surface area contributed by atoms with Crippen LogP contribution in [0.15, 0.2) is 60.7 Å². The van der Waals surface area contributed by atoms with Gasteiger partial charge in [0.25, 0.3) is 0 Å². The van der Waals surface area contributed by atoms with Crippen LogP contribution < -0.4 is 21.9 Å². The number of benzene rings is 3. The first-order valence-corrected chi connectivity index (χ1v) is 11.3. The highest BCUT2D eigenvalue weighted by molar-refractivity contribution is 6.11. The van der Waals surface area contributed by atoms with Crippen molar-refractivity contribution >= 4 is 5.71 Å². The van der Waals surface area contributed by atoms with Crippen LogP contribution in [0.25, 0.3) is 0 Å². The minimum absolute atomic E-state index is 0. The molecule has 0 saturated carbocycles. The van der Waals surface area contributed by atoms with Crippen LogP contribution in [0.2, 0.25) is 0 Å². The van der Waals surface area contributed by atoms with Gasteiger partial charge in [-0.3, -0.25) is 0 Å². The van der Waals surface area contributed by atoms with E-state index < -0.39 is 0 Å². The van der Waals surface area contributed by atoms with Crippen molar-refractivity contribution < 1.29 is 30.8 Å². The smallest absolute Gasteiger partial charge is 0.215 e. The van der Waals surface area contributed by atoms with E-state index in [4.69, 9.17) is 9.47 Å². The Morgan fingerprint density at radius 2 is 1.64 bits per heavy atom. The number of fused-ring (bicyclic) bond motifs is 1. The van der Waals surface area contributed by atoms with Gasteiger partial charge < -0.3 is 21.9 Å². The molecule has 3 aromatic carbocycles. The Balaban J connectivity index is 0.00000306. The van der Waals surface area contributed by atoms with Crippen molar-refractivity contribution in [2.45, 2.75) is 39.2 Å². The highest BCUT2D eigenvalue weighted by atomic mass is 35.5. The molecule has 0 fully saturated rings. The molecule has 0 radical (unpaired) electrons. The van der Waals surface area contributed by atoms with Gasteiger partial charge in [-0.1, -0.05) is 37.6 Å². The number of nitrogens with zero attached hydrogens (tertiary/aromatic N) is 1. The Kier molecular flexibility index (Phi) is 8.51. The number of unbranched alkanes of at least 4 members (excludes halogenated alkanes) is 1. The summed E-state index contributed by atoms with van der Waals surface area (Å²) in [6, 6.07) is 20.0. The van der Waals surface area contributed by atoms with Gasteiger partial charge in [0.05, 0.1) is 25.3 Å². The molecule has 1 heterocycles. The molecule has 0 saturated heterocycles. The van der Waals surface area contributed by atoms with E-state index in [9.17, 15) is 4.39 Å². The molecule has 4 rings (SSSR count). The summed E-state index contributed by atoms with van der Waals surface area (Å²) < 4.78 is 27.9. The second-order valence-corrected chi connectivity index (χ2v) is 8.28. The van der Waals surface area contributed by atoms with Crippen LogP contribution in [0.4, 0.5) is 4.39 Å². The fourth-order valence-corrected chi connectivity index (χ4v) is 4.42. The summed E-state index contributed by atoms with van der Waals surface area (Å²) in [5.74, 6) is 1.28. The van der Waals surface area contributed by atoms with E-state index in [1.807, 2.05) is 12.1 Å². The van der Waals surface area contributed by atoms with E-state index in [1.54, 1.807) is 20.3 Å². The molecule has 0 atom stereocenters. The predicted octanol–water partition coefficient (Wildman–Crippen LogP) is 2.80. The molecule has 0 amide bonds. The zero-order valence-corrected chi connectivity index (χ0v) is 20.3. The standard InChI is InChI=1S/C28H31FNO2.ClH/c1-4-5-8-20-11-13-21(14-12-20)28-24-18-27(32-3)26(31-2)17-22(24)15-16-30(28)19-23-9-6-7-10-25(23)29;/h6-7,9-14,17-18H,4-5,8,15-16,19H2,1-3H3;1H/q+1;/p-1. The summed E-state index contributed by atoms with van der Waals surface area (Å²) in [6.07, 6.45) is 4.33. The van der Waals surface area contributed by atoms with E-state index in [1.165, 1.54) is 30.0 Å². The highest BCUT2D eigenvalue weighted by Gasteiger charge is 2.29. The molecule has 1 aliphatic heterocycles. The topological polar surface area (TPSA) is 21.5 Å². The van der Waals surface area contributed by atoms with Crippen LogP contribution in [0.5, 0.6) is 11.5 Å². The maximum absolute atomic E-state index is 14.5. The van der Waals surface area contributed by atoms with Gasteiger partial charge in [0.1, 0.15) is 12.4 Å². The lowest BCUT2D eigenvalue weighted by atomic mass is 9.91. The van der Waals surface area contributed by atoms with Gasteiger partial charge >= 0.3 is 0 Å². The molecule has 0 bridgehead atoms. The van der Waals surface area contributed by atoms with Gasteiger partial charge in [0, 0.05) is 12.0 Å². The third kappa shape index (κ3) is 5.39. The van der Waals surface area contributed by atoms with E-state index in [2.05, 4.69) is 47.9 Å². The summed E-state index contributed by atoms with van der Waals surface area (Å²) in [4.78, 5) is 0. The molecular formula is C28H31ClFNO2. The van der Waals surface area contributed by atoms with Crippen molar-refractivity contribution in [3.8, 4) is 11.5 Å². The van der Waals surface area contributed by atoms with E-state index in [-0.39, 0.29) is 18.2 Å². The minimum Gasteiger partial charge on any atom is -1.00 e. The fraction of sp³-hybridized carbons (Fsp3) is 0.321. The second-order valence-electron chi connectivity index (χ2n) is 8.28. The molecule has 0 spiro atoms. The Hall–Kier alpha value is -2.85. The van der Waals surface area contributed by atoms with Crippen LogP contribution in [0.1, 0.15) is 47.6 Å². The quantitative estimate of drug-likeness (QED) is 0.475. The van der Waals surface area contributed by atoms with Crippen LogP contribution in [-0.4, -0.2) is 31.1 Å². The Morgan fingerprint density at radius 1 is 0.939 bits per heavy atom. The first-order chi connectivity index (χ1) is 15.6. The second kappa shape index (κ2) is 11.3. The number of methoxy groups -OCH3 is 2. The SMILES string of the molecule is CCCCc1ccc(C2=[N+](Cc3ccccc3F)CCc3cc(OC)c(OC)cc32)cc1.[Cl-]. The molecule has 3 aromatic rings. The van der Waals surface area contributed by atoms with Crippen LogP contribution in [0.3, 0.4) is 0 Å². The van der Waals surface area contributed by atoms with Crippen LogP contribution in [0, 0.1) is 5.82 Å². The third-order valence-corrected chi connectivity index (χ3v) is 6.20. The number of hydrogen-bond acceptors (Lipinski definition) is 2. The summed E-state index contributed by atoms with van der Waals surface area (Å²) >= 11 is 0. The van der Waals surface area contributed by atoms with E-state index in [0.29, 0.717) is 17.9 Å². The Morgan fingerprint density at radius 3 is 2.30 bits per heavy atom. The number of halogens is 2. The number of aryl methyl sites for hydroxylation is 1. The van der Waals surface area contributed by atoms with Gasteiger partial charge in [0.15, 0.2) is 18.0 Å². The van der Waals surface area contributed by atoms with Gasteiger partial charge in [0.2, 0.25) is 5.71 Å². The van der Waals surface area contributed by atoms with Crippen molar-refractivity contribution in [1.29, 1.82) is 0 Å². The lowest BCUT2D eigenvalue weighted by molar-refractivity contribution is -0.544. The van der Waals surface area contributed by atoms with Gasteiger partial charge in [-0.25, -0.2) is 8.97 Å². The Bertz CT molecular complexity index is 1130. The zero-order valence-electron chi connectivity index (χ0n) is 19.5. The van der Waals surface area contributed by atoms with Crippen molar-refractivity contribution in [3.05, 3.63) is 94.3 Å².